The van der Waals surface area contributed by atoms with Gasteiger partial charge < -0.3 is 19.4 Å². The first kappa shape index (κ1) is 20.3. The molecule has 0 unspecified atom stereocenters. The number of aromatic nitrogens is 1. The zero-order valence-electron chi connectivity index (χ0n) is 18.6. The van der Waals surface area contributed by atoms with Crippen LogP contribution in [-0.2, 0) is 11.3 Å². The van der Waals surface area contributed by atoms with Crippen LogP contribution in [0, 0.1) is 23.7 Å². The second-order valence-corrected chi connectivity index (χ2v) is 9.78. The molecule has 29 heavy (non-hydrogen) atoms. The number of carbonyl (C=O) groups excluding carboxylic acids is 1. The highest BCUT2D eigenvalue weighted by molar-refractivity contribution is 6.09. The highest BCUT2D eigenvalue weighted by Crippen LogP contribution is 2.62. The van der Waals surface area contributed by atoms with E-state index in [1.165, 1.54) is 19.3 Å². The van der Waals surface area contributed by atoms with Gasteiger partial charge in [0.25, 0.3) is 5.91 Å². The smallest absolute Gasteiger partial charge is 0.253 e. The summed E-state index contributed by atoms with van der Waals surface area (Å²) < 4.78 is 13.1. The lowest BCUT2D eigenvalue weighted by Gasteiger charge is -2.43. The Morgan fingerprint density at radius 1 is 1.28 bits per heavy atom. The summed E-state index contributed by atoms with van der Waals surface area (Å²) in [5, 5.41) is 4.42. The van der Waals surface area contributed by atoms with E-state index < -0.39 is 0 Å². The Kier molecular flexibility index (Phi) is 4.93. The topological polar surface area (TPSA) is 52.5 Å². The third kappa shape index (κ3) is 2.97. The van der Waals surface area contributed by atoms with Gasteiger partial charge in [0.1, 0.15) is 5.75 Å². The van der Waals surface area contributed by atoms with E-state index in [2.05, 4.69) is 30.7 Å². The van der Waals surface area contributed by atoms with Crippen molar-refractivity contribution in [2.75, 3.05) is 20.8 Å². The van der Waals surface area contributed by atoms with Crippen molar-refractivity contribution in [1.82, 2.24) is 9.88 Å². The van der Waals surface area contributed by atoms with Crippen LogP contribution in [0.25, 0.3) is 10.9 Å². The number of fused-ring (bicyclic) bond motifs is 3. The fourth-order valence-corrected chi connectivity index (χ4v) is 6.28. The van der Waals surface area contributed by atoms with E-state index in [1.807, 2.05) is 25.1 Å². The molecule has 0 saturated heterocycles. The molecule has 2 aliphatic carbocycles. The minimum absolute atomic E-state index is 0.0313. The van der Waals surface area contributed by atoms with Gasteiger partial charge >= 0.3 is 0 Å². The highest BCUT2D eigenvalue weighted by atomic mass is 16.5. The lowest BCUT2D eigenvalue weighted by atomic mass is 9.68. The lowest BCUT2D eigenvalue weighted by Crippen LogP contribution is -2.52. The maximum absolute atomic E-state index is 13.6. The van der Waals surface area contributed by atoms with Crippen molar-refractivity contribution in [1.29, 1.82) is 0 Å². The molecule has 0 aliphatic heterocycles. The molecule has 2 saturated carbocycles. The van der Waals surface area contributed by atoms with Crippen LogP contribution >= 0.6 is 0 Å². The van der Waals surface area contributed by atoms with Crippen molar-refractivity contribution in [2.45, 2.75) is 59.5 Å². The van der Waals surface area contributed by atoms with Gasteiger partial charge in [0, 0.05) is 30.8 Å². The van der Waals surface area contributed by atoms with E-state index in [4.69, 9.17) is 9.47 Å². The fraction of sp³-hybridized carbons (Fsp3) is 0.625. The molecule has 5 nitrogen and oxygen atoms in total. The van der Waals surface area contributed by atoms with Crippen molar-refractivity contribution < 1.29 is 14.3 Å². The van der Waals surface area contributed by atoms with Crippen molar-refractivity contribution >= 4 is 16.8 Å². The minimum atomic E-state index is 0.0313. The number of amides is 1. The number of hydrogen-bond donors (Lipinski definition) is 1. The number of benzene rings is 1. The number of carbonyl (C=O) groups is 1. The van der Waals surface area contributed by atoms with Crippen LogP contribution in [0.15, 0.2) is 18.2 Å². The van der Waals surface area contributed by atoms with Gasteiger partial charge in [-0.15, -0.1) is 0 Å². The van der Waals surface area contributed by atoms with Crippen LogP contribution in [0.1, 0.15) is 56.1 Å². The molecule has 1 heterocycles. The number of ether oxygens (including phenoxy) is 2. The molecular weight excluding hydrogens is 364 g/mol. The Bertz CT molecular complexity index is 940. The summed E-state index contributed by atoms with van der Waals surface area (Å²) in [5.41, 5.74) is 3.02. The molecular formula is C24H34N2O3. The third-order valence-corrected chi connectivity index (χ3v) is 7.82. The van der Waals surface area contributed by atoms with Gasteiger partial charge in [0.15, 0.2) is 0 Å². The summed E-state index contributed by atoms with van der Waals surface area (Å²) in [5.74, 6) is 1.51. The molecule has 5 heteroatoms. The Morgan fingerprint density at radius 2 is 2.03 bits per heavy atom. The van der Waals surface area contributed by atoms with E-state index in [9.17, 15) is 4.79 Å². The van der Waals surface area contributed by atoms with E-state index in [1.54, 1.807) is 14.2 Å². The zero-order chi connectivity index (χ0) is 21.0. The maximum Gasteiger partial charge on any atom is 0.253 e. The maximum atomic E-state index is 13.6. The van der Waals surface area contributed by atoms with Gasteiger partial charge in [0.05, 0.1) is 24.8 Å². The lowest BCUT2D eigenvalue weighted by molar-refractivity contribution is 0.0738. The van der Waals surface area contributed by atoms with Crippen molar-refractivity contribution in [3.63, 3.8) is 0 Å². The predicted octanol–water partition coefficient (Wildman–Crippen LogP) is 4.55. The first-order chi connectivity index (χ1) is 13.7. The van der Waals surface area contributed by atoms with Crippen LogP contribution in [0.2, 0.25) is 0 Å². The fourth-order valence-electron chi connectivity index (χ4n) is 6.28. The summed E-state index contributed by atoms with van der Waals surface area (Å²) in [7, 11) is 3.37. The third-order valence-electron chi connectivity index (χ3n) is 7.82. The highest BCUT2D eigenvalue weighted by Gasteiger charge is 2.59. The van der Waals surface area contributed by atoms with Gasteiger partial charge in [-0.3, -0.25) is 4.79 Å². The molecule has 1 aromatic carbocycles. The summed E-state index contributed by atoms with van der Waals surface area (Å²) in [6.07, 6.45) is 3.70. The molecule has 1 aromatic heterocycles. The van der Waals surface area contributed by atoms with E-state index in [0.29, 0.717) is 19.1 Å². The Balaban J connectivity index is 1.76. The molecule has 2 aromatic rings. The number of nitrogens with one attached hydrogen (secondary N) is 1. The second kappa shape index (κ2) is 7.05. The first-order valence-corrected chi connectivity index (χ1v) is 10.7. The molecule has 1 amide bonds. The number of hydrogen-bond acceptors (Lipinski definition) is 3. The van der Waals surface area contributed by atoms with Gasteiger partial charge in [-0.05, 0) is 49.0 Å². The van der Waals surface area contributed by atoms with E-state index in [-0.39, 0.29) is 22.8 Å². The predicted molar refractivity (Wildman–Crippen MR) is 116 cm³/mol. The summed E-state index contributed by atoms with van der Waals surface area (Å²) in [4.78, 5) is 13.6. The van der Waals surface area contributed by atoms with Gasteiger partial charge in [-0.2, -0.15) is 0 Å². The Morgan fingerprint density at radius 3 is 2.66 bits per heavy atom. The summed E-state index contributed by atoms with van der Waals surface area (Å²) in [6, 6.07) is 6.13. The molecule has 0 spiro atoms. The van der Waals surface area contributed by atoms with Crippen LogP contribution in [-0.4, -0.2) is 37.3 Å². The Labute approximate surface area is 173 Å². The molecule has 2 fully saturated rings. The zero-order valence-corrected chi connectivity index (χ0v) is 18.6. The number of rotatable bonds is 6. The second-order valence-electron chi connectivity index (χ2n) is 9.78. The van der Waals surface area contributed by atoms with Crippen LogP contribution in [0.4, 0.5) is 0 Å². The normalized spacial score (nSPS) is 27.5. The Hall–Kier alpha value is -2.01. The summed E-state index contributed by atoms with van der Waals surface area (Å²) in [6.45, 7) is 10.3. The molecule has 0 radical (unpaired) electrons. The van der Waals surface area contributed by atoms with Crippen molar-refractivity contribution in [3.05, 3.63) is 29.5 Å². The average molecular weight is 399 g/mol. The minimum Gasteiger partial charge on any atom is -0.495 e. The molecule has 158 valence electrons. The van der Waals surface area contributed by atoms with E-state index >= 15 is 0 Å². The SMILES string of the molecule is COCCn1c(C)c(C(=O)N[C@@H]2C(C)(C)[C@@H]3CC[C@@]2(C)C3)c2cccc(OC)c21. The van der Waals surface area contributed by atoms with Gasteiger partial charge in [-0.1, -0.05) is 32.9 Å². The van der Waals surface area contributed by atoms with Crippen LogP contribution in [0.3, 0.4) is 0 Å². The first-order valence-electron chi connectivity index (χ1n) is 10.7. The van der Waals surface area contributed by atoms with Gasteiger partial charge in [0.2, 0.25) is 0 Å². The average Bonchev–Trinajstić information content (AvgIpc) is 3.27. The van der Waals surface area contributed by atoms with Crippen LogP contribution in [0.5, 0.6) is 5.75 Å². The van der Waals surface area contributed by atoms with Gasteiger partial charge in [-0.25, -0.2) is 0 Å². The monoisotopic (exact) mass is 398 g/mol. The van der Waals surface area contributed by atoms with E-state index in [0.717, 1.165) is 27.9 Å². The quantitative estimate of drug-likeness (QED) is 0.777. The standard InChI is InChI=1S/C24H34N2O3/c1-15-19(17-8-7-9-18(29-6)20(17)26(15)12-13-28-5)21(27)25-22-23(2,3)16-10-11-24(22,4)14-16/h7-9,16,22H,10-14H2,1-6H3,(H,25,27)/t16-,22-,24+/m1/s1. The number of nitrogens with zero attached hydrogens (tertiary/aromatic N) is 1. The number of para-hydroxylation sites is 1. The molecule has 2 bridgehead atoms. The van der Waals surface area contributed by atoms with Crippen LogP contribution < -0.4 is 10.1 Å². The molecule has 1 N–H and O–H groups in total. The molecule has 4 rings (SSSR count). The summed E-state index contributed by atoms with van der Waals surface area (Å²) >= 11 is 0. The largest absolute Gasteiger partial charge is 0.495 e. The number of methoxy groups -OCH3 is 2. The van der Waals surface area contributed by atoms with Crippen molar-refractivity contribution in [2.24, 2.45) is 16.7 Å². The molecule has 3 atom stereocenters. The van der Waals surface area contributed by atoms with Crippen molar-refractivity contribution in [3.8, 4) is 5.75 Å². The molecule has 2 aliphatic rings.